The minimum absolute atomic E-state index is 0.0579. The lowest BCUT2D eigenvalue weighted by molar-refractivity contribution is 0.270. The summed E-state index contributed by atoms with van der Waals surface area (Å²) in [6.07, 6.45) is 2.40. The predicted octanol–water partition coefficient (Wildman–Crippen LogP) is 0.722. The van der Waals surface area contributed by atoms with Crippen molar-refractivity contribution in [2.24, 2.45) is 0 Å². The van der Waals surface area contributed by atoms with Gasteiger partial charge >= 0.3 is 0 Å². The average Bonchev–Trinajstić information content (AvgIpc) is 2.04. The molecule has 0 amide bonds. The molecule has 0 aliphatic carbocycles. The highest BCUT2D eigenvalue weighted by atomic mass is 19.1. The standard InChI is InChI=1S/C7H8FNO2/c1-11-7-5(4-10)2-9-3-6(7)8/h2-3,10H,4H2,1H3. The van der Waals surface area contributed by atoms with Gasteiger partial charge in [0.15, 0.2) is 11.6 Å². The highest BCUT2D eigenvalue weighted by Crippen LogP contribution is 2.20. The first-order valence-corrected chi connectivity index (χ1v) is 3.06. The highest BCUT2D eigenvalue weighted by Gasteiger charge is 2.07. The topological polar surface area (TPSA) is 42.4 Å². The van der Waals surface area contributed by atoms with E-state index in [-0.39, 0.29) is 12.4 Å². The third-order valence-electron chi connectivity index (χ3n) is 1.30. The fraction of sp³-hybridized carbons (Fsp3) is 0.286. The Hall–Kier alpha value is -1.16. The Balaban J connectivity index is 3.13. The lowest BCUT2D eigenvalue weighted by Crippen LogP contribution is -1.96. The second-order valence-electron chi connectivity index (χ2n) is 1.97. The largest absolute Gasteiger partial charge is 0.493 e. The molecular weight excluding hydrogens is 149 g/mol. The molecular formula is C7H8FNO2. The van der Waals surface area contributed by atoms with Gasteiger partial charge in [0, 0.05) is 11.8 Å². The van der Waals surface area contributed by atoms with Crippen LogP contribution in [0.25, 0.3) is 0 Å². The van der Waals surface area contributed by atoms with Gasteiger partial charge in [0.25, 0.3) is 0 Å². The van der Waals surface area contributed by atoms with Crippen molar-refractivity contribution in [2.45, 2.75) is 6.61 Å². The smallest absolute Gasteiger partial charge is 0.183 e. The molecule has 0 spiro atoms. The van der Waals surface area contributed by atoms with Gasteiger partial charge in [0.05, 0.1) is 19.9 Å². The van der Waals surface area contributed by atoms with E-state index < -0.39 is 5.82 Å². The predicted molar refractivity (Wildman–Crippen MR) is 36.7 cm³/mol. The molecule has 0 saturated heterocycles. The van der Waals surface area contributed by atoms with E-state index in [0.29, 0.717) is 5.56 Å². The van der Waals surface area contributed by atoms with Crippen LogP contribution >= 0.6 is 0 Å². The van der Waals surface area contributed by atoms with E-state index in [4.69, 9.17) is 9.84 Å². The summed E-state index contributed by atoms with van der Waals surface area (Å²) in [5.41, 5.74) is 0.354. The number of rotatable bonds is 2. The molecule has 3 nitrogen and oxygen atoms in total. The van der Waals surface area contributed by atoms with Gasteiger partial charge in [-0.3, -0.25) is 4.98 Å². The summed E-state index contributed by atoms with van der Waals surface area (Å²) in [5.74, 6) is -0.499. The van der Waals surface area contributed by atoms with Crippen molar-refractivity contribution in [3.05, 3.63) is 23.8 Å². The zero-order valence-corrected chi connectivity index (χ0v) is 6.04. The molecule has 60 valence electrons. The molecule has 11 heavy (non-hydrogen) atoms. The van der Waals surface area contributed by atoms with Gasteiger partial charge < -0.3 is 9.84 Å². The number of hydrogen-bond donors (Lipinski definition) is 1. The van der Waals surface area contributed by atoms with Crippen LogP contribution in [0.1, 0.15) is 5.56 Å². The number of pyridine rings is 1. The first-order valence-electron chi connectivity index (χ1n) is 3.06. The van der Waals surface area contributed by atoms with Crippen LogP contribution in [-0.2, 0) is 6.61 Å². The maximum absolute atomic E-state index is 12.7. The molecule has 1 N–H and O–H groups in total. The number of ether oxygens (including phenoxy) is 1. The summed E-state index contributed by atoms with van der Waals surface area (Å²) in [6.45, 7) is -0.270. The molecule has 0 bridgehead atoms. The summed E-state index contributed by atoms with van der Waals surface area (Å²) in [6, 6.07) is 0. The monoisotopic (exact) mass is 157 g/mol. The highest BCUT2D eigenvalue weighted by molar-refractivity contribution is 5.30. The fourth-order valence-corrected chi connectivity index (χ4v) is 0.805. The minimum atomic E-state index is -0.556. The summed E-state index contributed by atoms with van der Waals surface area (Å²) >= 11 is 0. The van der Waals surface area contributed by atoms with Crippen molar-refractivity contribution in [1.29, 1.82) is 0 Å². The van der Waals surface area contributed by atoms with E-state index in [1.54, 1.807) is 0 Å². The first-order chi connectivity index (χ1) is 5.29. The average molecular weight is 157 g/mol. The van der Waals surface area contributed by atoms with Gasteiger partial charge in [-0.1, -0.05) is 0 Å². The van der Waals surface area contributed by atoms with Crippen LogP contribution in [0, 0.1) is 5.82 Å². The van der Waals surface area contributed by atoms with Crippen LogP contribution in [0.2, 0.25) is 0 Å². The minimum Gasteiger partial charge on any atom is -0.493 e. The molecule has 0 aliphatic rings. The maximum Gasteiger partial charge on any atom is 0.183 e. The van der Waals surface area contributed by atoms with Gasteiger partial charge in [0.2, 0.25) is 0 Å². The number of halogens is 1. The second kappa shape index (κ2) is 3.30. The van der Waals surface area contributed by atoms with Gasteiger partial charge in [-0.15, -0.1) is 0 Å². The molecule has 1 aromatic heterocycles. The zero-order valence-electron chi connectivity index (χ0n) is 6.04. The summed E-state index contributed by atoms with van der Waals surface area (Å²) < 4.78 is 17.4. The molecule has 0 atom stereocenters. The number of hydrogen-bond acceptors (Lipinski definition) is 3. The quantitative estimate of drug-likeness (QED) is 0.687. The number of nitrogens with zero attached hydrogens (tertiary/aromatic N) is 1. The third kappa shape index (κ3) is 1.46. The van der Waals surface area contributed by atoms with Gasteiger partial charge in [0.1, 0.15) is 0 Å². The molecule has 4 heteroatoms. The van der Waals surface area contributed by atoms with Crippen molar-refractivity contribution in [2.75, 3.05) is 7.11 Å². The Bertz CT molecular complexity index is 252. The van der Waals surface area contributed by atoms with Crippen molar-refractivity contribution in [3.8, 4) is 5.75 Å². The molecule has 0 saturated carbocycles. The van der Waals surface area contributed by atoms with Crippen molar-refractivity contribution >= 4 is 0 Å². The molecule has 0 unspecified atom stereocenters. The summed E-state index contributed by atoms with van der Waals surface area (Å²) in [4.78, 5) is 3.55. The Kier molecular flexibility index (Phi) is 2.38. The van der Waals surface area contributed by atoms with Crippen LogP contribution in [0.15, 0.2) is 12.4 Å². The number of methoxy groups -OCH3 is 1. The van der Waals surface area contributed by atoms with Crippen molar-refractivity contribution in [3.63, 3.8) is 0 Å². The normalized spacial score (nSPS) is 9.73. The van der Waals surface area contributed by atoms with Crippen LogP contribution in [0.5, 0.6) is 5.75 Å². The second-order valence-corrected chi connectivity index (χ2v) is 1.97. The molecule has 1 heterocycles. The maximum atomic E-state index is 12.7. The van der Waals surface area contributed by atoms with E-state index in [9.17, 15) is 4.39 Å². The van der Waals surface area contributed by atoms with Gasteiger partial charge in [-0.05, 0) is 0 Å². The Morgan fingerprint density at radius 3 is 2.82 bits per heavy atom. The van der Waals surface area contributed by atoms with Crippen LogP contribution in [0.4, 0.5) is 4.39 Å². The first kappa shape index (κ1) is 7.94. The molecule has 1 rings (SSSR count). The molecule has 0 aliphatic heterocycles. The van der Waals surface area contributed by atoms with Crippen molar-refractivity contribution < 1.29 is 14.2 Å². The molecule has 0 aromatic carbocycles. The molecule has 0 radical (unpaired) electrons. The number of aromatic nitrogens is 1. The Morgan fingerprint density at radius 1 is 1.64 bits per heavy atom. The van der Waals surface area contributed by atoms with Crippen LogP contribution in [-0.4, -0.2) is 17.2 Å². The summed E-state index contributed by atoms with van der Waals surface area (Å²) in [7, 11) is 1.34. The molecule has 0 fully saturated rings. The van der Waals surface area contributed by atoms with E-state index >= 15 is 0 Å². The number of aliphatic hydroxyl groups is 1. The lowest BCUT2D eigenvalue weighted by atomic mass is 10.3. The SMILES string of the molecule is COc1c(F)cncc1CO. The Morgan fingerprint density at radius 2 is 2.36 bits per heavy atom. The zero-order chi connectivity index (χ0) is 8.27. The van der Waals surface area contributed by atoms with E-state index in [1.165, 1.54) is 13.3 Å². The lowest BCUT2D eigenvalue weighted by Gasteiger charge is -2.04. The summed E-state index contributed by atoms with van der Waals surface area (Å²) in [5, 5.41) is 8.69. The van der Waals surface area contributed by atoms with Gasteiger partial charge in [-0.2, -0.15) is 0 Å². The van der Waals surface area contributed by atoms with Crippen molar-refractivity contribution in [1.82, 2.24) is 4.98 Å². The fourth-order valence-electron chi connectivity index (χ4n) is 0.805. The Labute approximate surface area is 63.5 Å². The number of aliphatic hydroxyl groups excluding tert-OH is 1. The van der Waals surface area contributed by atoms with Gasteiger partial charge in [-0.25, -0.2) is 4.39 Å². The molecule has 1 aromatic rings. The van der Waals surface area contributed by atoms with E-state index in [0.717, 1.165) is 6.20 Å². The van der Waals surface area contributed by atoms with Crippen LogP contribution < -0.4 is 4.74 Å². The van der Waals surface area contributed by atoms with E-state index in [2.05, 4.69) is 4.98 Å². The van der Waals surface area contributed by atoms with Crippen LogP contribution in [0.3, 0.4) is 0 Å². The third-order valence-corrected chi connectivity index (χ3v) is 1.30. The van der Waals surface area contributed by atoms with E-state index in [1.807, 2.05) is 0 Å².